The monoisotopic (exact) mass is 547 g/mol. The number of anilines is 1. The first-order chi connectivity index (χ1) is 17.2. The largest absolute Gasteiger partial charge is 0.395 e. The normalized spacial score (nSPS) is 14.5. The molecule has 36 heavy (non-hydrogen) atoms. The number of nitrogens with one attached hydrogen (secondary N) is 1. The third kappa shape index (κ3) is 6.02. The van der Waals surface area contributed by atoms with E-state index in [1.807, 2.05) is 48.5 Å². The van der Waals surface area contributed by atoms with Crippen LogP contribution in [0.3, 0.4) is 0 Å². The Morgan fingerprint density at radius 1 is 1.03 bits per heavy atom. The van der Waals surface area contributed by atoms with Crippen LogP contribution in [0, 0.1) is 0 Å². The van der Waals surface area contributed by atoms with Gasteiger partial charge in [0, 0.05) is 35.2 Å². The summed E-state index contributed by atoms with van der Waals surface area (Å²) in [6.45, 7) is 0.919. The number of amides is 1. The van der Waals surface area contributed by atoms with Gasteiger partial charge in [0.25, 0.3) is 5.91 Å². The molecule has 1 saturated heterocycles. The summed E-state index contributed by atoms with van der Waals surface area (Å²) >= 11 is 12.2. The van der Waals surface area contributed by atoms with Gasteiger partial charge in [0.15, 0.2) is 0 Å². The Morgan fingerprint density at radius 2 is 1.58 bits per heavy atom. The predicted molar refractivity (Wildman–Crippen MR) is 143 cm³/mol. The summed E-state index contributed by atoms with van der Waals surface area (Å²) in [5, 5.41) is 12.8. The Labute approximate surface area is 221 Å². The van der Waals surface area contributed by atoms with Crippen molar-refractivity contribution in [1.29, 1.82) is 0 Å². The molecule has 1 aliphatic rings. The van der Waals surface area contributed by atoms with Crippen molar-refractivity contribution in [3.8, 4) is 0 Å². The lowest BCUT2D eigenvalue weighted by molar-refractivity contribution is 0.0944. The average molecular weight is 548 g/mol. The molecule has 0 bridgehead atoms. The number of carbonyl (C=O) groups excluding carboxylic acids is 1. The number of aliphatic hydroxyl groups excluding tert-OH is 1. The minimum atomic E-state index is -3.63. The maximum atomic E-state index is 12.9. The zero-order valence-corrected chi connectivity index (χ0v) is 22.0. The van der Waals surface area contributed by atoms with Crippen molar-refractivity contribution in [2.75, 3.05) is 36.8 Å². The van der Waals surface area contributed by atoms with Crippen LogP contribution in [0.25, 0.3) is 0 Å². The molecule has 1 aliphatic heterocycles. The number of carbonyl (C=O) groups is 1. The minimum absolute atomic E-state index is 0.104. The maximum Gasteiger partial charge on any atom is 0.251 e. The van der Waals surface area contributed by atoms with Crippen molar-refractivity contribution >= 4 is 44.8 Å². The number of likely N-dealkylation sites (tertiary alicyclic amines) is 1. The van der Waals surface area contributed by atoms with Gasteiger partial charge in [-0.25, -0.2) is 8.42 Å². The highest BCUT2D eigenvalue weighted by Crippen LogP contribution is 2.36. The molecule has 1 heterocycles. The quantitative estimate of drug-likeness (QED) is 0.423. The third-order valence-corrected chi connectivity index (χ3v) is 7.80. The second-order valence-corrected chi connectivity index (χ2v) is 11.4. The van der Waals surface area contributed by atoms with E-state index in [2.05, 4.69) is 10.2 Å². The molecule has 7 nitrogen and oxygen atoms in total. The van der Waals surface area contributed by atoms with Gasteiger partial charge in [-0.1, -0.05) is 53.5 Å². The molecule has 1 amide bonds. The zero-order valence-electron chi connectivity index (χ0n) is 19.6. The van der Waals surface area contributed by atoms with Gasteiger partial charge in [-0.05, 0) is 53.6 Å². The minimum Gasteiger partial charge on any atom is -0.395 e. The van der Waals surface area contributed by atoms with E-state index in [-0.39, 0.29) is 31.1 Å². The Hall–Kier alpha value is -2.62. The van der Waals surface area contributed by atoms with Crippen LogP contribution < -0.4 is 9.62 Å². The van der Waals surface area contributed by atoms with E-state index in [1.165, 1.54) is 10.6 Å². The Kier molecular flexibility index (Phi) is 8.22. The van der Waals surface area contributed by atoms with Crippen LogP contribution in [0.2, 0.25) is 10.0 Å². The summed E-state index contributed by atoms with van der Waals surface area (Å²) in [7, 11) is -3.63. The van der Waals surface area contributed by atoms with Gasteiger partial charge in [-0.3, -0.25) is 14.0 Å². The highest BCUT2D eigenvalue weighted by Gasteiger charge is 2.40. The lowest BCUT2D eigenvalue weighted by atomic mass is 9.93. The number of hydrogen-bond acceptors (Lipinski definition) is 5. The van der Waals surface area contributed by atoms with E-state index in [0.717, 1.165) is 11.1 Å². The Balaban J connectivity index is 1.60. The molecule has 0 spiro atoms. The van der Waals surface area contributed by atoms with Crippen molar-refractivity contribution in [2.45, 2.75) is 12.1 Å². The Bertz CT molecular complexity index is 1270. The van der Waals surface area contributed by atoms with E-state index in [4.69, 9.17) is 28.3 Å². The van der Waals surface area contributed by atoms with Crippen molar-refractivity contribution < 1.29 is 18.3 Å². The number of halogens is 2. The van der Waals surface area contributed by atoms with Crippen LogP contribution >= 0.6 is 23.2 Å². The van der Waals surface area contributed by atoms with Gasteiger partial charge >= 0.3 is 0 Å². The third-order valence-electron chi connectivity index (χ3n) is 6.08. The van der Waals surface area contributed by atoms with Crippen molar-refractivity contribution in [2.24, 2.45) is 0 Å². The first kappa shape index (κ1) is 26.4. The molecule has 0 radical (unpaired) electrons. The van der Waals surface area contributed by atoms with E-state index in [0.29, 0.717) is 34.4 Å². The van der Waals surface area contributed by atoms with E-state index in [1.54, 1.807) is 24.3 Å². The lowest BCUT2D eigenvalue weighted by Gasteiger charge is -2.48. The van der Waals surface area contributed by atoms with Gasteiger partial charge in [-0.15, -0.1) is 0 Å². The van der Waals surface area contributed by atoms with Crippen LogP contribution in [-0.4, -0.2) is 62.9 Å². The second kappa shape index (κ2) is 11.2. The fourth-order valence-electron chi connectivity index (χ4n) is 4.48. The van der Waals surface area contributed by atoms with Crippen LogP contribution in [0.15, 0.2) is 72.8 Å². The summed E-state index contributed by atoms with van der Waals surface area (Å²) in [5.41, 5.74) is 2.82. The standard InChI is InChI=1S/C26H27Cl2N3O4S/c1-36(34,35)31(23-4-2-3-20(15-23)26(33)29-13-14-32)24-16-30(17-24)25(18-5-9-21(27)10-6-18)19-7-11-22(28)12-8-19/h2-12,15,24-25,32H,13-14,16-17H2,1H3,(H,29,33). The fraction of sp³-hybridized carbons (Fsp3) is 0.269. The van der Waals surface area contributed by atoms with Crippen LogP contribution in [0.1, 0.15) is 27.5 Å². The lowest BCUT2D eigenvalue weighted by Crippen LogP contribution is -2.61. The topological polar surface area (TPSA) is 90.0 Å². The molecule has 0 saturated carbocycles. The molecule has 10 heteroatoms. The molecular formula is C26H27Cl2N3O4S. The molecule has 4 rings (SSSR count). The molecule has 1 fully saturated rings. The molecule has 3 aromatic rings. The summed E-state index contributed by atoms with van der Waals surface area (Å²) in [5.74, 6) is -0.375. The second-order valence-electron chi connectivity index (χ2n) is 8.70. The van der Waals surface area contributed by atoms with E-state index in [9.17, 15) is 13.2 Å². The maximum absolute atomic E-state index is 12.9. The van der Waals surface area contributed by atoms with Gasteiger partial charge in [0.2, 0.25) is 10.0 Å². The summed E-state index contributed by atoms with van der Waals surface area (Å²) in [4.78, 5) is 14.6. The first-order valence-electron chi connectivity index (χ1n) is 11.4. The van der Waals surface area contributed by atoms with Gasteiger partial charge in [0.1, 0.15) is 0 Å². The molecular weight excluding hydrogens is 521 g/mol. The molecule has 2 N–H and O–H groups in total. The molecule has 3 aromatic carbocycles. The molecule has 0 unspecified atom stereocenters. The zero-order chi connectivity index (χ0) is 25.9. The molecule has 190 valence electrons. The van der Waals surface area contributed by atoms with E-state index < -0.39 is 10.0 Å². The smallest absolute Gasteiger partial charge is 0.251 e. The van der Waals surface area contributed by atoms with Gasteiger partial charge < -0.3 is 10.4 Å². The number of hydrogen-bond donors (Lipinski definition) is 2. The van der Waals surface area contributed by atoms with Crippen molar-refractivity contribution in [1.82, 2.24) is 10.2 Å². The fourth-order valence-corrected chi connectivity index (χ4v) is 5.90. The molecule has 0 aliphatic carbocycles. The van der Waals surface area contributed by atoms with Crippen LogP contribution in [0.5, 0.6) is 0 Å². The number of rotatable bonds is 9. The average Bonchev–Trinajstić information content (AvgIpc) is 2.82. The van der Waals surface area contributed by atoms with Crippen molar-refractivity contribution in [3.63, 3.8) is 0 Å². The number of sulfonamides is 1. The highest BCUT2D eigenvalue weighted by molar-refractivity contribution is 7.92. The van der Waals surface area contributed by atoms with Gasteiger partial charge in [0.05, 0.1) is 30.6 Å². The van der Waals surface area contributed by atoms with E-state index >= 15 is 0 Å². The number of benzene rings is 3. The van der Waals surface area contributed by atoms with Gasteiger partial charge in [-0.2, -0.15) is 0 Å². The number of nitrogens with zero attached hydrogens (tertiary/aromatic N) is 2. The predicted octanol–water partition coefficient (Wildman–Crippen LogP) is 3.96. The molecule has 0 aromatic heterocycles. The Morgan fingerprint density at radius 3 is 2.08 bits per heavy atom. The molecule has 0 atom stereocenters. The highest BCUT2D eigenvalue weighted by atomic mass is 35.5. The summed E-state index contributed by atoms with van der Waals surface area (Å²) in [6, 6.07) is 21.3. The van der Waals surface area contributed by atoms with Crippen LogP contribution in [0.4, 0.5) is 5.69 Å². The SMILES string of the molecule is CS(=O)(=O)N(c1cccc(C(=O)NCCO)c1)C1CN(C(c2ccc(Cl)cc2)c2ccc(Cl)cc2)C1. The van der Waals surface area contributed by atoms with Crippen LogP contribution in [-0.2, 0) is 10.0 Å². The number of aliphatic hydroxyl groups is 1. The summed E-state index contributed by atoms with van der Waals surface area (Å²) in [6.07, 6.45) is 1.17. The first-order valence-corrected chi connectivity index (χ1v) is 14.0. The summed E-state index contributed by atoms with van der Waals surface area (Å²) < 4.78 is 27.1. The van der Waals surface area contributed by atoms with Crippen molar-refractivity contribution in [3.05, 3.63) is 99.5 Å².